The summed E-state index contributed by atoms with van der Waals surface area (Å²) in [5, 5.41) is 40.3. The van der Waals surface area contributed by atoms with Crippen LogP contribution in [0.2, 0.25) is 0 Å². The van der Waals surface area contributed by atoms with Gasteiger partial charge in [0.1, 0.15) is 12.2 Å². The van der Waals surface area contributed by atoms with Crippen LogP contribution in [0.25, 0.3) is 0 Å². The minimum atomic E-state index is -0.957. The van der Waals surface area contributed by atoms with Crippen LogP contribution in [-0.4, -0.2) is 69.0 Å². The Morgan fingerprint density at radius 1 is 0.679 bits per heavy atom. The van der Waals surface area contributed by atoms with Crippen molar-refractivity contribution in [3.63, 3.8) is 0 Å². The Morgan fingerprint density at radius 3 is 1.43 bits per heavy atom. The molecule has 0 saturated carbocycles. The van der Waals surface area contributed by atoms with Crippen molar-refractivity contribution in [1.29, 1.82) is 0 Å². The lowest BCUT2D eigenvalue weighted by atomic mass is 9.96. The summed E-state index contributed by atoms with van der Waals surface area (Å²) in [4.78, 5) is 22.5. The van der Waals surface area contributed by atoms with E-state index < -0.39 is 48.6 Å². The van der Waals surface area contributed by atoms with Gasteiger partial charge < -0.3 is 29.9 Å². The minimum absolute atomic E-state index is 0.00161. The SMILES string of the molecule is CCCC(O)CC(CC(O)CC(O)CC(CC(O)CC)OC(C)=O)OC(C)=O. The third-order valence-electron chi connectivity index (χ3n) is 4.44. The lowest BCUT2D eigenvalue weighted by Gasteiger charge is -2.26. The Labute approximate surface area is 167 Å². The van der Waals surface area contributed by atoms with E-state index >= 15 is 0 Å². The molecule has 0 radical (unpaired) electrons. The highest BCUT2D eigenvalue weighted by Gasteiger charge is 2.25. The molecule has 6 atom stereocenters. The number of rotatable bonds is 15. The average Bonchev–Trinajstić information content (AvgIpc) is 2.52. The zero-order valence-corrected chi connectivity index (χ0v) is 17.5. The zero-order valence-electron chi connectivity index (χ0n) is 17.5. The van der Waals surface area contributed by atoms with Crippen LogP contribution in [0.3, 0.4) is 0 Å². The summed E-state index contributed by atoms with van der Waals surface area (Å²) < 4.78 is 10.3. The molecule has 0 aromatic heterocycles. The van der Waals surface area contributed by atoms with Crippen molar-refractivity contribution in [2.45, 2.75) is 116 Å². The Kier molecular flexibility index (Phi) is 14.1. The molecule has 0 aliphatic carbocycles. The van der Waals surface area contributed by atoms with Crippen LogP contribution < -0.4 is 0 Å². The maximum Gasteiger partial charge on any atom is 0.302 e. The maximum absolute atomic E-state index is 11.3. The van der Waals surface area contributed by atoms with E-state index in [1.165, 1.54) is 13.8 Å². The van der Waals surface area contributed by atoms with E-state index in [0.29, 0.717) is 12.8 Å². The lowest BCUT2D eigenvalue weighted by Crippen LogP contribution is -2.31. The van der Waals surface area contributed by atoms with Crippen LogP contribution >= 0.6 is 0 Å². The van der Waals surface area contributed by atoms with Gasteiger partial charge in [-0.2, -0.15) is 0 Å². The highest BCUT2D eigenvalue weighted by atomic mass is 16.5. The molecule has 0 aromatic carbocycles. The number of hydrogen-bond acceptors (Lipinski definition) is 8. The maximum atomic E-state index is 11.3. The van der Waals surface area contributed by atoms with Crippen molar-refractivity contribution in [3.05, 3.63) is 0 Å². The Morgan fingerprint density at radius 2 is 1.07 bits per heavy atom. The molecule has 8 heteroatoms. The number of carbonyl (C=O) groups excluding carboxylic acids is 2. The van der Waals surface area contributed by atoms with Crippen LogP contribution in [-0.2, 0) is 19.1 Å². The van der Waals surface area contributed by atoms with Crippen LogP contribution in [0.5, 0.6) is 0 Å². The number of aliphatic hydroxyl groups excluding tert-OH is 4. The van der Waals surface area contributed by atoms with E-state index in [9.17, 15) is 30.0 Å². The molecule has 0 spiro atoms. The summed E-state index contributed by atoms with van der Waals surface area (Å²) >= 11 is 0. The van der Waals surface area contributed by atoms with Crippen molar-refractivity contribution in [2.75, 3.05) is 0 Å². The van der Waals surface area contributed by atoms with Crippen molar-refractivity contribution in [3.8, 4) is 0 Å². The Bertz CT molecular complexity index is 442. The predicted molar refractivity (Wildman–Crippen MR) is 103 cm³/mol. The van der Waals surface area contributed by atoms with Crippen molar-refractivity contribution >= 4 is 11.9 Å². The van der Waals surface area contributed by atoms with Gasteiger partial charge in [0.2, 0.25) is 0 Å². The van der Waals surface area contributed by atoms with E-state index in [-0.39, 0.29) is 32.1 Å². The summed E-state index contributed by atoms with van der Waals surface area (Å²) in [6.07, 6.45) is -2.01. The van der Waals surface area contributed by atoms with Gasteiger partial charge in [-0.05, 0) is 19.3 Å². The van der Waals surface area contributed by atoms with Gasteiger partial charge in [-0.1, -0.05) is 20.3 Å². The molecule has 0 aliphatic rings. The zero-order chi connectivity index (χ0) is 21.7. The quantitative estimate of drug-likeness (QED) is 0.300. The van der Waals surface area contributed by atoms with Crippen LogP contribution in [0.1, 0.15) is 79.1 Å². The number of carbonyl (C=O) groups is 2. The Hall–Kier alpha value is -1.22. The molecule has 166 valence electrons. The smallest absolute Gasteiger partial charge is 0.302 e. The minimum Gasteiger partial charge on any atom is -0.462 e. The summed E-state index contributed by atoms with van der Waals surface area (Å²) in [6, 6.07) is 0. The van der Waals surface area contributed by atoms with Crippen LogP contribution in [0.15, 0.2) is 0 Å². The highest BCUT2D eigenvalue weighted by Crippen LogP contribution is 2.19. The summed E-state index contributed by atoms with van der Waals surface area (Å²) in [6.45, 7) is 6.27. The van der Waals surface area contributed by atoms with E-state index in [0.717, 1.165) is 6.42 Å². The van der Waals surface area contributed by atoms with Gasteiger partial charge in [-0.15, -0.1) is 0 Å². The first-order valence-corrected chi connectivity index (χ1v) is 10.1. The predicted octanol–water partition coefficient (Wildman–Crippen LogP) is 1.45. The molecule has 6 unspecified atom stereocenters. The lowest BCUT2D eigenvalue weighted by molar-refractivity contribution is -0.149. The molecule has 0 aromatic rings. The first kappa shape index (κ1) is 26.8. The highest BCUT2D eigenvalue weighted by molar-refractivity contribution is 5.66. The molecular formula is C20H38O8. The topological polar surface area (TPSA) is 134 Å². The molecular weight excluding hydrogens is 368 g/mol. The van der Waals surface area contributed by atoms with Gasteiger partial charge in [0.05, 0.1) is 24.4 Å². The molecule has 0 bridgehead atoms. The van der Waals surface area contributed by atoms with Crippen molar-refractivity contribution < 1.29 is 39.5 Å². The number of esters is 2. The molecule has 0 aliphatic heterocycles. The average molecular weight is 407 g/mol. The van der Waals surface area contributed by atoms with E-state index in [1.807, 2.05) is 6.92 Å². The normalized spacial score (nSPS) is 17.9. The molecule has 0 heterocycles. The van der Waals surface area contributed by atoms with Gasteiger partial charge in [0.15, 0.2) is 0 Å². The monoisotopic (exact) mass is 406 g/mol. The molecule has 0 fully saturated rings. The second kappa shape index (κ2) is 14.7. The molecule has 28 heavy (non-hydrogen) atoms. The molecule has 4 N–H and O–H groups in total. The fourth-order valence-electron chi connectivity index (χ4n) is 3.19. The molecule has 8 nitrogen and oxygen atoms in total. The van der Waals surface area contributed by atoms with E-state index in [1.54, 1.807) is 6.92 Å². The van der Waals surface area contributed by atoms with Gasteiger partial charge in [-0.25, -0.2) is 0 Å². The molecule has 0 amide bonds. The largest absolute Gasteiger partial charge is 0.462 e. The summed E-state index contributed by atoms with van der Waals surface area (Å²) in [5.74, 6) is -0.995. The molecule has 0 saturated heterocycles. The summed E-state index contributed by atoms with van der Waals surface area (Å²) in [7, 11) is 0. The number of hydrogen-bond donors (Lipinski definition) is 4. The van der Waals surface area contributed by atoms with Gasteiger partial charge in [0, 0.05) is 39.5 Å². The van der Waals surface area contributed by atoms with Crippen molar-refractivity contribution in [1.82, 2.24) is 0 Å². The van der Waals surface area contributed by atoms with Gasteiger partial charge in [0.25, 0.3) is 0 Å². The summed E-state index contributed by atoms with van der Waals surface area (Å²) in [5.41, 5.74) is 0. The number of ether oxygens (including phenoxy) is 2. The number of aliphatic hydroxyl groups is 4. The molecule has 0 rings (SSSR count). The van der Waals surface area contributed by atoms with E-state index in [2.05, 4.69) is 0 Å². The standard InChI is InChI=1S/C20H38O8/c1-5-7-16(24)10-20(28-14(4)22)12-18(26)8-17(25)11-19(27-13(3)21)9-15(23)6-2/h15-20,23-26H,5-12H2,1-4H3. The third-order valence-corrected chi connectivity index (χ3v) is 4.44. The fourth-order valence-corrected chi connectivity index (χ4v) is 3.19. The first-order chi connectivity index (χ1) is 13.1. The second-order valence-corrected chi connectivity index (χ2v) is 7.45. The first-order valence-electron chi connectivity index (χ1n) is 10.1. The van der Waals surface area contributed by atoms with Gasteiger partial charge in [-0.3, -0.25) is 9.59 Å². The van der Waals surface area contributed by atoms with Crippen molar-refractivity contribution in [2.24, 2.45) is 0 Å². The van der Waals surface area contributed by atoms with E-state index in [4.69, 9.17) is 9.47 Å². The van der Waals surface area contributed by atoms with Gasteiger partial charge >= 0.3 is 11.9 Å². The second-order valence-electron chi connectivity index (χ2n) is 7.45. The Balaban J connectivity index is 4.68. The fraction of sp³-hybridized carbons (Fsp3) is 0.900. The van der Waals surface area contributed by atoms with Crippen LogP contribution in [0, 0.1) is 0 Å². The third kappa shape index (κ3) is 13.9. The van der Waals surface area contributed by atoms with Crippen LogP contribution in [0.4, 0.5) is 0 Å².